The summed E-state index contributed by atoms with van der Waals surface area (Å²) in [5, 5.41) is 0.976. The molecule has 1 aliphatic rings. The number of amides is 2. The van der Waals surface area contributed by atoms with Gasteiger partial charge in [0.1, 0.15) is 10.7 Å². The summed E-state index contributed by atoms with van der Waals surface area (Å²) in [6.07, 6.45) is -0.311. The lowest BCUT2D eigenvalue weighted by atomic mass is 10.1. The van der Waals surface area contributed by atoms with Crippen molar-refractivity contribution in [2.24, 2.45) is 0 Å². The van der Waals surface area contributed by atoms with Crippen LogP contribution in [0.5, 0.6) is 0 Å². The van der Waals surface area contributed by atoms with Gasteiger partial charge in [0.15, 0.2) is 0 Å². The summed E-state index contributed by atoms with van der Waals surface area (Å²) in [5.74, 6) is 0.717. The van der Waals surface area contributed by atoms with Gasteiger partial charge in [-0.2, -0.15) is 0 Å². The van der Waals surface area contributed by atoms with E-state index in [4.69, 9.17) is 4.74 Å². The first-order chi connectivity index (χ1) is 11.9. The molecule has 0 aliphatic carbocycles. The predicted octanol–water partition coefficient (Wildman–Crippen LogP) is 2.53. The molecule has 3 heterocycles. The summed E-state index contributed by atoms with van der Waals surface area (Å²) >= 11 is 1.42. The Labute approximate surface area is 150 Å². The fraction of sp³-hybridized carbons (Fsp3) is 0.529. The van der Waals surface area contributed by atoms with E-state index in [2.05, 4.69) is 9.97 Å². The van der Waals surface area contributed by atoms with Crippen LogP contribution in [0.2, 0.25) is 0 Å². The third kappa shape index (κ3) is 3.30. The number of carbonyl (C=O) groups excluding carboxylic acids is 2. The zero-order valence-electron chi connectivity index (χ0n) is 15.0. The van der Waals surface area contributed by atoms with Crippen molar-refractivity contribution >= 4 is 33.6 Å². The van der Waals surface area contributed by atoms with Crippen LogP contribution in [0.1, 0.15) is 33.7 Å². The molecule has 8 heteroatoms. The van der Waals surface area contributed by atoms with Crippen molar-refractivity contribution < 1.29 is 14.3 Å². The first-order valence-corrected chi connectivity index (χ1v) is 9.19. The number of carbonyl (C=O) groups is 2. The second kappa shape index (κ2) is 6.95. The first kappa shape index (κ1) is 17.6. The van der Waals surface area contributed by atoms with E-state index in [9.17, 15) is 9.59 Å². The molecule has 0 radical (unpaired) electrons. The molecule has 7 nitrogen and oxygen atoms in total. The van der Waals surface area contributed by atoms with Crippen LogP contribution >= 0.6 is 11.3 Å². The summed E-state index contributed by atoms with van der Waals surface area (Å²) in [7, 11) is 0. The van der Waals surface area contributed by atoms with Gasteiger partial charge in [0.25, 0.3) is 5.91 Å². The third-order valence-electron chi connectivity index (χ3n) is 4.37. The summed E-state index contributed by atoms with van der Waals surface area (Å²) in [4.78, 5) is 38.6. The topological polar surface area (TPSA) is 75.6 Å². The number of hydrogen-bond donors (Lipinski definition) is 0. The standard InChI is InChI=1S/C17H22N4O3S/c1-5-24-17(23)21-8-6-20(7-9-21)16(22)14-10(2)13-11(3)18-12(4)19-15(13)25-14/h5-9H2,1-4H3. The van der Waals surface area contributed by atoms with Crippen LogP contribution in [0.15, 0.2) is 0 Å². The Kier molecular flexibility index (Phi) is 4.89. The second-order valence-electron chi connectivity index (χ2n) is 6.07. The van der Waals surface area contributed by atoms with Crippen molar-refractivity contribution in [2.45, 2.75) is 27.7 Å². The molecule has 0 aromatic carbocycles. The highest BCUT2D eigenvalue weighted by Crippen LogP contribution is 2.32. The molecule has 1 saturated heterocycles. The normalized spacial score (nSPS) is 14.9. The zero-order valence-corrected chi connectivity index (χ0v) is 15.8. The van der Waals surface area contributed by atoms with E-state index < -0.39 is 0 Å². The molecule has 0 spiro atoms. The van der Waals surface area contributed by atoms with E-state index >= 15 is 0 Å². The van der Waals surface area contributed by atoms with Crippen LogP contribution in [0, 0.1) is 20.8 Å². The van der Waals surface area contributed by atoms with Gasteiger partial charge >= 0.3 is 6.09 Å². The SMILES string of the molecule is CCOC(=O)N1CCN(C(=O)c2sc3nc(C)nc(C)c3c2C)CC1. The molecular weight excluding hydrogens is 340 g/mol. The van der Waals surface area contributed by atoms with E-state index in [0.717, 1.165) is 21.5 Å². The number of aromatic nitrogens is 2. The minimum atomic E-state index is -0.311. The number of fused-ring (bicyclic) bond motifs is 1. The first-order valence-electron chi connectivity index (χ1n) is 8.37. The van der Waals surface area contributed by atoms with Gasteiger partial charge < -0.3 is 14.5 Å². The van der Waals surface area contributed by atoms with Gasteiger partial charge in [0, 0.05) is 37.3 Å². The number of thiophene rings is 1. The molecular formula is C17H22N4O3S. The van der Waals surface area contributed by atoms with Crippen molar-refractivity contribution in [3.05, 3.63) is 22.0 Å². The van der Waals surface area contributed by atoms with Gasteiger partial charge in [-0.15, -0.1) is 11.3 Å². The predicted molar refractivity (Wildman–Crippen MR) is 96.1 cm³/mol. The highest BCUT2D eigenvalue weighted by Gasteiger charge is 2.28. The molecule has 0 saturated carbocycles. The lowest BCUT2D eigenvalue weighted by Gasteiger charge is -2.33. The van der Waals surface area contributed by atoms with Gasteiger partial charge in [0.2, 0.25) is 0 Å². The average Bonchev–Trinajstić information content (AvgIpc) is 2.91. The van der Waals surface area contributed by atoms with Crippen LogP contribution < -0.4 is 0 Å². The van der Waals surface area contributed by atoms with E-state index in [0.29, 0.717) is 43.5 Å². The summed E-state index contributed by atoms with van der Waals surface area (Å²) in [6, 6.07) is 0. The molecule has 0 atom stereocenters. The highest BCUT2D eigenvalue weighted by atomic mass is 32.1. The number of piperazine rings is 1. The number of hydrogen-bond acceptors (Lipinski definition) is 6. The molecule has 2 aromatic rings. The van der Waals surface area contributed by atoms with E-state index in [1.165, 1.54) is 11.3 Å². The van der Waals surface area contributed by atoms with Crippen molar-refractivity contribution in [1.29, 1.82) is 0 Å². The van der Waals surface area contributed by atoms with Crippen LogP contribution in [0.3, 0.4) is 0 Å². The summed E-state index contributed by atoms with van der Waals surface area (Å²) in [6.45, 7) is 9.91. The third-order valence-corrected chi connectivity index (χ3v) is 5.54. The Morgan fingerprint density at radius 3 is 2.36 bits per heavy atom. The molecule has 1 fully saturated rings. The van der Waals surface area contributed by atoms with Crippen LogP contribution in [-0.2, 0) is 4.74 Å². The quantitative estimate of drug-likeness (QED) is 0.821. The molecule has 134 valence electrons. The van der Waals surface area contributed by atoms with Gasteiger partial charge in [-0.1, -0.05) is 0 Å². The maximum absolute atomic E-state index is 12.9. The highest BCUT2D eigenvalue weighted by molar-refractivity contribution is 7.20. The average molecular weight is 362 g/mol. The molecule has 2 amide bonds. The molecule has 2 aromatic heterocycles. The lowest BCUT2D eigenvalue weighted by molar-refractivity contribution is 0.0574. The Bertz CT molecular complexity index is 825. The molecule has 0 bridgehead atoms. The molecule has 3 rings (SSSR count). The Morgan fingerprint density at radius 1 is 1.08 bits per heavy atom. The number of aryl methyl sites for hydroxylation is 3. The Morgan fingerprint density at radius 2 is 1.72 bits per heavy atom. The maximum Gasteiger partial charge on any atom is 0.409 e. The van der Waals surface area contributed by atoms with Crippen molar-refractivity contribution in [2.75, 3.05) is 32.8 Å². The number of nitrogens with zero attached hydrogens (tertiary/aromatic N) is 4. The van der Waals surface area contributed by atoms with Gasteiger partial charge in [0.05, 0.1) is 11.5 Å². The monoisotopic (exact) mass is 362 g/mol. The van der Waals surface area contributed by atoms with Gasteiger partial charge in [-0.05, 0) is 33.3 Å². The van der Waals surface area contributed by atoms with Gasteiger partial charge in [-0.3, -0.25) is 4.79 Å². The smallest absolute Gasteiger partial charge is 0.409 e. The summed E-state index contributed by atoms with van der Waals surface area (Å²) in [5.41, 5.74) is 1.85. The number of rotatable bonds is 2. The van der Waals surface area contributed by atoms with Crippen LogP contribution in [-0.4, -0.2) is 64.6 Å². The zero-order chi connectivity index (χ0) is 18.1. The largest absolute Gasteiger partial charge is 0.450 e. The number of ether oxygens (including phenoxy) is 1. The Balaban J connectivity index is 1.78. The van der Waals surface area contributed by atoms with Crippen molar-refractivity contribution in [3.63, 3.8) is 0 Å². The second-order valence-corrected chi connectivity index (χ2v) is 7.07. The van der Waals surface area contributed by atoms with Gasteiger partial charge in [-0.25, -0.2) is 14.8 Å². The van der Waals surface area contributed by atoms with E-state index in [-0.39, 0.29) is 12.0 Å². The van der Waals surface area contributed by atoms with Crippen molar-refractivity contribution in [3.8, 4) is 0 Å². The Hall–Kier alpha value is -2.22. The van der Waals surface area contributed by atoms with Crippen molar-refractivity contribution in [1.82, 2.24) is 19.8 Å². The fourth-order valence-electron chi connectivity index (χ4n) is 3.13. The lowest BCUT2D eigenvalue weighted by Crippen LogP contribution is -2.50. The fourth-order valence-corrected chi connectivity index (χ4v) is 4.37. The minimum absolute atomic E-state index is 0.000983. The summed E-state index contributed by atoms with van der Waals surface area (Å²) < 4.78 is 5.02. The van der Waals surface area contributed by atoms with E-state index in [1.54, 1.807) is 16.7 Å². The molecule has 0 N–H and O–H groups in total. The molecule has 0 unspecified atom stereocenters. The van der Waals surface area contributed by atoms with Crippen LogP contribution in [0.25, 0.3) is 10.2 Å². The van der Waals surface area contributed by atoms with Crippen LogP contribution in [0.4, 0.5) is 4.79 Å². The molecule has 1 aliphatic heterocycles. The van der Waals surface area contributed by atoms with E-state index in [1.807, 2.05) is 20.8 Å². The minimum Gasteiger partial charge on any atom is -0.450 e. The maximum atomic E-state index is 12.9. The molecule has 25 heavy (non-hydrogen) atoms.